The van der Waals surface area contributed by atoms with Crippen molar-refractivity contribution >= 4 is 17.7 Å². The summed E-state index contributed by atoms with van der Waals surface area (Å²) >= 11 is 0. The van der Waals surface area contributed by atoms with Crippen molar-refractivity contribution in [3.63, 3.8) is 0 Å². The molecule has 142 valence electrons. The molecule has 1 saturated heterocycles. The predicted molar refractivity (Wildman–Crippen MR) is 100 cm³/mol. The molecule has 7 heteroatoms. The number of nitrogens with one attached hydrogen (secondary N) is 2. The highest BCUT2D eigenvalue weighted by Gasteiger charge is 2.55. The Hall–Kier alpha value is -2.28. The molecule has 0 spiro atoms. The Kier molecular flexibility index (Phi) is 5.36. The van der Waals surface area contributed by atoms with E-state index in [4.69, 9.17) is 0 Å². The molecule has 1 aromatic rings. The third-order valence-electron chi connectivity index (χ3n) is 5.11. The van der Waals surface area contributed by atoms with Crippen LogP contribution in [-0.4, -0.2) is 59.9 Å². The number of aliphatic hydroxyl groups excluding tert-OH is 1. The number of carbonyl (C=O) groups is 2. The zero-order valence-electron chi connectivity index (χ0n) is 15.6. The summed E-state index contributed by atoms with van der Waals surface area (Å²) < 4.78 is 0. The Morgan fingerprint density at radius 2 is 2.00 bits per heavy atom. The summed E-state index contributed by atoms with van der Waals surface area (Å²) in [6.45, 7) is 6.77. The standard InChI is InChI=1S/C19H28N4O3/c1-4-9-20-18(25)22-10-15-17(13-7-5-6-8-14(13)22)16(11-24)23(15)19(26)21-12(2)3/h5-8,12,15-17,24H,4,9-11H2,1-3H3,(H,20,25)(H,21,26)/t15-,16-,17+/m1/s1. The van der Waals surface area contributed by atoms with Crippen molar-refractivity contribution in [1.82, 2.24) is 15.5 Å². The molecule has 0 aliphatic carbocycles. The molecule has 2 heterocycles. The van der Waals surface area contributed by atoms with Crippen molar-refractivity contribution in [2.75, 3.05) is 24.6 Å². The Balaban J connectivity index is 1.90. The lowest BCUT2D eigenvalue weighted by Crippen LogP contribution is -2.72. The second-order valence-corrected chi connectivity index (χ2v) is 7.26. The fourth-order valence-corrected chi connectivity index (χ4v) is 4.01. The molecule has 1 aromatic carbocycles. The van der Waals surface area contributed by atoms with E-state index >= 15 is 0 Å². The van der Waals surface area contributed by atoms with E-state index in [0.717, 1.165) is 17.7 Å². The van der Waals surface area contributed by atoms with Crippen LogP contribution in [0.5, 0.6) is 0 Å². The maximum absolute atomic E-state index is 12.6. The molecule has 7 nitrogen and oxygen atoms in total. The summed E-state index contributed by atoms with van der Waals surface area (Å²) in [4.78, 5) is 28.7. The Labute approximate surface area is 154 Å². The van der Waals surface area contributed by atoms with Crippen LogP contribution < -0.4 is 15.5 Å². The van der Waals surface area contributed by atoms with Crippen LogP contribution in [0.4, 0.5) is 15.3 Å². The minimum Gasteiger partial charge on any atom is -0.394 e. The average molecular weight is 360 g/mol. The molecule has 1 fully saturated rings. The van der Waals surface area contributed by atoms with Crippen LogP contribution in [0.25, 0.3) is 0 Å². The lowest BCUT2D eigenvalue weighted by molar-refractivity contribution is -0.00753. The van der Waals surface area contributed by atoms with Crippen molar-refractivity contribution in [1.29, 1.82) is 0 Å². The normalized spacial score (nSPS) is 23.8. The van der Waals surface area contributed by atoms with Gasteiger partial charge >= 0.3 is 12.1 Å². The summed E-state index contributed by atoms with van der Waals surface area (Å²) in [5, 5.41) is 15.7. The Bertz CT molecular complexity index is 679. The minimum atomic E-state index is -0.263. The summed E-state index contributed by atoms with van der Waals surface area (Å²) in [6, 6.07) is 7.07. The third kappa shape index (κ3) is 3.11. The maximum Gasteiger partial charge on any atom is 0.321 e. The molecule has 0 aromatic heterocycles. The lowest BCUT2D eigenvalue weighted by atomic mass is 9.72. The Morgan fingerprint density at radius 1 is 1.27 bits per heavy atom. The molecule has 0 radical (unpaired) electrons. The van der Waals surface area contributed by atoms with Crippen LogP contribution in [0.15, 0.2) is 24.3 Å². The summed E-state index contributed by atoms with van der Waals surface area (Å²) in [5.74, 6) is 0.0457. The molecule has 3 atom stereocenters. The van der Waals surface area contributed by atoms with Crippen LogP contribution in [0.2, 0.25) is 0 Å². The first-order valence-corrected chi connectivity index (χ1v) is 9.33. The number of likely N-dealkylation sites (tertiary alicyclic amines) is 1. The van der Waals surface area contributed by atoms with Gasteiger partial charge in [0.1, 0.15) is 0 Å². The second-order valence-electron chi connectivity index (χ2n) is 7.26. The number of nitrogens with zero attached hydrogens (tertiary/aromatic N) is 2. The highest BCUT2D eigenvalue weighted by molar-refractivity contribution is 5.94. The molecule has 3 rings (SSSR count). The molecular formula is C19H28N4O3. The molecule has 2 aliphatic rings. The van der Waals surface area contributed by atoms with E-state index in [1.54, 1.807) is 9.80 Å². The molecule has 2 aliphatic heterocycles. The molecule has 0 saturated carbocycles. The van der Waals surface area contributed by atoms with Gasteiger partial charge < -0.3 is 20.6 Å². The molecule has 0 bridgehead atoms. The quantitative estimate of drug-likeness (QED) is 0.766. The first-order valence-electron chi connectivity index (χ1n) is 9.33. The van der Waals surface area contributed by atoms with E-state index < -0.39 is 0 Å². The van der Waals surface area contributed by atoms with Gasteiger partial charge in [0.2, 0.25) is 0 Å². The van der Waals surface area contributed by atoms with Gasteiger partial charge in [-0.2, -0.15) is 0 Å². The van der Waals surface area contributed by atoms with Gasteiger partial charge in [0.15, 0.2) is 0 Å². The number of aliphatic hydroxyl groups is 1. The first-order chi connectivity index (χ1) is 12.5. The van der Waals surface area contributed by atoms with Gasteiger partial charge in [-0.15, -0.1) is 0 Å². The number of hydrogen-bond acceptors (Lipinski definition) is 3. The summed E-state index contributed by atoms with van der Waals surface area (Å²) in [6.07, 6.45) is 0.864. The van der Waals surface area contributed by atoms with Crippen LogP contribution in [0.3, 0.4) is 0 Å². The monoisotopic (exact) mass is 360 g/mol. The largest absolute Gasteiger partial charge is 0.394 e. The Morgan fingerprint density at radius 3 is 2.65 bits per heavy atom. The molecular weight excluding hydrogens is 332 g/mol. The molecule has 26 heavy (non-hydrogen) atoms. The van der Waals surface area contributed by atoms with Gasteiger partial charge in [-0.25, -0.2) is 9.59 Å². The second kappa shape index (κ2) is 7.53. The van der Waals surface area contributed by atoms with Crippen molar-refractivity contribution in [2.24, 2.45) is 0 Å². The van der Waals surface area contributed by atoms with Gasteiger partial charge in [-0.05, 0) is 31.9 Å². The lowest BCUT2D eigenvalue weighted by Gasteiger charge is -2.58. The number of anilines is 1. The summed E-state index contributed by atoms with van der Waals surface area (Å²) in [7, 11) is 0. The predicted octanol–water partition coefficient (Wildman–Crippen LogP) is 1.87. The van der Waals surface area contributed by atoms with E-state index in [0.29, 0.717) is 13.1 Å². The average Bonchev–Trinajstić information content (AvgIpc) is 2.59. The number of benzene rings is 1. The number of carbonyl (C=O) groups excluding carboxylic acids is 2. The van der Waals surface area contributed by atoms with E-state index in [1.165, 1.54) is 0 Å². The number of rotatable bonds is 4. The molecule has 0 unspecified atom stereocenters. The molecule has 3 N–H and O–H groups in total. The van der Waals surface area contributed by atoms with Gasteiger partial charge in [-0.3, -0.25) is 4.90 Å². The maximum atomic E-state index is 12.6. The summed E-state index contributed by atoms with van der Waals surface area (Å²) in [5.41, 5.74) is 1.88. The van der Waals surface area contributed by atoms with Gasteiger partial charge in [0.05, 0.1) is 18.7 Å². The molecule has 4 amide bonds. The van der Waals surface area contributed by atoms with Crippen molar-refractivity contribution in [3.05, 3.63) is 29.8 Å². The van der Waals surface area contributed by atoms with E-state index in [9.17, 15) is 14.7 Å². The zero-order chi connectivity index (χ0) is 18.8. The topological polar surface area (TPSA) is 84.9 Å². The fourth-order valence-electron chi connectivity index (χ4n) is 4.01. The first kappa shape index (κ1) is 18.5. The van der Waals surface area contributed by atoms with Crippen molar-refractivity contribution in [3.8, 4) is 0 Å². The zero-order valence-corrected chi connectivity index (χ0v) is 15.6. The van der Waals surface area contributed by atoms with Crippen molar-refractivity contribution < 1.29 is 14.7 Å². The van der Waals surface area contributed by atoms with Crippen LogP contribution in [-0.2, 0) is 0 Å². The highest BCUT2D eigenvalue weighted by Crippen LogP contribution is 2.48. The van der Waals surface area contributed by atoms with Gasteiger partial charge in [-0.1, -0.05) is 25.1 Å². The van der Waals surface area contributed by atoms with Gasteiger partial charge in [0, 0.05) is 30.7 Å². The SMILES string of the molecule is CCCNC(=O)N1C[C@@H]2[C@H](c3ccccc31)[C@@H](CO)N2C(=O)NC(C)C. The minimum absolute atomic E-state index is 0.0146. The number of fused-ring (bicyclic) bond motifs is 3. The van der Waals surface area contributed by atoms with E-state index in [-0.39, 0.29) is 42.7 Å². The van der Waals surface area contributed by atoms with E-state index in [2.05, 4.69) is 10.6 Å². The van der Waals surface area contributed by atoms with Crippen LogP contribution in [0, 0.1) is 0 Å². The van der Waals surface area contributed by atoms with Crippen LogP contribution in [0.1, 0.15) is 38.7 Å². The number of urea groups is 2. The number of amides is 4. The van der Waals surface area contributed by atoms with Crippen molar-refractivity contribution in [2.45, 2.75) is 51.2 Å². The van der Waals surface area contributed by atoms with Gasteiger partial charge in [0.25, 0.3) is 0 Å². The third-order valence-corrected chi connectivity index (χ3v) is 5.11. The highest BCUT2D eigenvalue weighted by atomic mass is 16.3. The van der Waals surface area contributed by atoms with Crippen LogP contribution >= 0.6 is 0 Å². The smallest absolute Gasteiger partial charge is 0.321 e. The number of hydrogen-bond donors (Lipinski definition) is 3. The fraction of sp³-hybridized carbons (Fsp3) is 0.579. The van der Waals surface area contributed by atoms with E-state index in [1.807, 2.05) is 45.0 Å². The number of para-hydroxylation sites is 1.